The fourth-order valence-electron chi connectivity index (χ4n) is 3.78. The molecule has 0 bridgehead atoms. The minimum atomic E-state index is -4.88. The number of aliphatic hydroxyl groups is 2. The van der Waals surface area contributed by atoms with Gasteiger partial charge in [0.25, 0.3) is 5.91 Å². The predicted octanol–water partition coefficient (Wildman–Crippen LogP) is 3.10. The summed E-state index contributed by atoms with van der Waals surface area (Å²) < 4.78 is 43.9. The molecule has 0 fully saturated rings. The van der Waals surface area contributed by atoms with Crippen LogP contribution in [0, 0.1) is 0 Å². The fraction of sp³-hybridized carbons (Fsp3) is 0.318. The van der Waals surface area contributed by atoms with E-state index in [2.05, 4.69) is 14.7 Å². The lowest BCUT2D eigenvalue weighted by atomic mass is 10.2. The highest BCUT2D eigenvalue weighted by Gasteiger charge is 2.40. The number of hydrogen-bond acceptors (Lipinski definition) is 7. The number of amides is 1. The van der Waals surface area contributed by atoms with E-state index in [4.69, 9.17) is 11.6 Å². The molecule has 0 spiro atoms. The van der Waals surface area contributed by atoms with Crippen LogP contribution in [0.15, 0.2) is 42.6 Å². The summed E-state index contributed by atoms with van der Waals surface area (Å²) in [5.74, 6) is -0.671. The van der Waals surface area contributed by atoms with Crippen LogP contribution in [-0.4, -0.2) is 68.5 Å². The molecule has 4 rings (SSSR count). The maximum atomic E-state index is 13.4. The molecule has 1 atom stereocenters. The van der Waals surface area contributed by atoms with Crippen LogP contribution in [0.25, 0.3) is 11.4 Å². The second kappa shape index (κ2) is 9.72. The van der Waals surface area contributed by atoms with Crippen molar-refractivity contribution in [2.24, 2.45) is 0 Å². The number of carbonyl (C=O) groups is 1. The topological polar surface area (TPSA) is 104 Å². The molecule has 1 aliphatic heterocycles. The average molecular weight is 512 g/mol. The minimum Gasteiger partial charge on any atom is -0.406 e. The molecular weight excluding hydrogens is 491 g/mol. The van der Waals surface area contributed by atoms with Gasteiger partial charge >= 0.3 is 6.36 Å². The molecule has 9 nitrogen and oxygen atoms in total. The van der Waals surface area contributed by atoms with Crippen molar-refractivity contribution in [3.63, 3.8) is 0 Å². The maximum absolute atomic E-state index is 13.4. The molecular formula is C22H21ClF3N5O4. The zero-order valence-electron chi connectivity index (χ0n) is 18.4. The quantitative estimate of drug-likeness (QED) is 0.502. The Kier molecular flexibility index (Phi) is 6.88. The van der Waals surface area contributed by atoms with Gasteiger partial charge in [0, 0.05) is 32.0 Å². The van der Waals surface area contributed by atoms with E-state index < -0.39 is 24.4 Å². The molecule has 0 saturated heterocycles. The van der Waals surface area contributed by atoms with Gasteiger partial charge in [-0.1, -0.05) is 23.7 Å². The summed E-state index contributed by atoms with van der Waals surface area (Å²) in [6, 6.07) is 8.50. The number of alkyl halides is 3. The van der Waals surface area contributed by atoms with E-state index in [1.165, 1.54) is 39.7 Å². The van der Waals surface area contributed by atoms with Crippen molar-refractivity contribution in [1.29, 1.82) is 0 Å². The summed E-state index contributed by atoms with van der Waals surface area (Å²) in [7, 11) is 1.53. The first kappa shape index (κ1) is 24.8. The second-order valence-electron chi connectivity index (χ2n) is 7.77. The third-order valence-electron chi connectivity index (χ3n) is 5.36. The van der Waals surface area contributed by atoms with Gasteiger partial charge < -0.3 is 24.4 Å². The Morgan fingerprint density at radius 2 is 2.00 bits per heavy atom. The number of pyridine rings is 1. The van der Waals surface area contributed by atoms with Crippen LogP contribution >= 0.6 is 11.6 Å². The molecule has 3 aromatic rings. The number of fused-ring (bicyclic) bond motifs is 1. The van der Waals surface area contributed by atoms with Crippen LogP contribution in [0.1, 0.15) is 22.6 Å². The number of carbonyl (C=O) groups excluding carboxylic acids is 1. The molecule has 1 aliphatic rings. The van der Waals surface area contributed by atoms with Gasteiger partial charge in [-0.3, -0.25) is 14.7 Å². The molecule has 2 aromatic heterocycles. The number of halogens is 4. The normalized spacial score (nSPS) is 16.0. The van der Waals surface area contributed by atoms with Crippen molar-refractivity contribution >= 4 is 23.3 Å². The third-order valence-corrected chi connectivity index (χ3v) is 5.59. The van der Waals surface area contributed by atoms with Crippen LogP contribution in [-0.2, 0) is 6.54 Å². The second-order valence-corrected chi connectivity index (χ2v) is 8.21. The average Bonchev–Trinajstić information content (AvgIpc) is 3.18. The van der Waals surface area contributed by atoms with Gasteiger partial charge in [-0.25, -0.2) is 4.98 Å². The van der Waals surface area contributed by atoms with Gasteiger partial charge in [0.15, 0.2) is 11.5 Å². The molecule has 0 radical (unpaired) electrons. The van der Waals surface area contributed by atoms with Crippen LogP contribution in [0.4, 0.5) is 19.0 Å². The van der Waals surface area contributed by atoms with Crippen molar-refractivity contribution < 1.29 is 32.9 Å². The van der Waals surface area contributed by atoms with Crippen molar-refractivity contribution in [1.82, 2.24) is 19.4 Å². The Labute approximate surface area is 203 Å². The minimum absolute atomic E-state index is 0.0444. The van der Waals surface area contributed by atoms with Crippen LogP contribution in [0.3, 0.4) is 0 Å². The van der Waals surface area contributed by atoms with E-state index in [-0.39, 0.29) is 49.0 Å². The summed E-state index contributed by atoms with van der Waals surface area (Å²) in [6.45, 7) is -0.0596. The Balaban J connectivity index is 1.85. The van der Waals surface area contributed by atoms with E-state index >= 15 is 0 Å². The SMILES string of the molecule is CN1c2nc(-c3cccc(OC(F)(F)F)c3)n(Cc3ccc(Cl)cn3)c2C(=O)N(CCCO)C1O. The highest BCUT2D eigenvalue weighted by Crippen LogP contribution is 2.35. The largest absolute Gasteiger partial charge is 0.573 e. The number of ether oxygens (including phenoxy) is 1. The number of rotatable bonds is 7. The first-order chi connectivity index (χ1) is 16.6. The van der Waals surface area contributed by atoms with Crippen molar-refractivity contribution in [3.8, 4) is 17.1 Å². The summed E-state index contributed by atoms with van der Waals surface area (Å²) in [6.07, 6.45) is -4.55. The Hall–Kier alpha value is -3.35. The molecule has 2 N–H and O–H groups in total. The fourth-order valence-corrected chi connectivity index (χ4v) is 3.90. The smallest absolute Gasteiger partial charge is 0.406 e. The number of imidazole rings is 1. The van der Waals surface area contributed by atoms with Gasteiger partial charge in [-0.15, -0.1) is 13.2 Å². The number of benzene rings is 1. The Bertz CT molecular complexity index is 1220. The molecule has 13 heteroatoms. The van der Waals surface area contributed by atoms with Crippen molar-refractivity contribution in [3.05, 3.63) is 59.0 Å². The zero-order valence-corrected chi connectivity index (χ0v) is 19.2. The monoisotopic (exact) mass is 511 g/mol. The number of aromatic nitrogens is 3. The van der Waals surface area contributed by atoms with E-state index in [0.29, 0.717) is 10.7 Å². The molecule has 0 saturated carbocycles. The molecule has 35 heavy (non-hydrogen) atoms. The van der Waals surface area contributed by atoms with Gasteiger partial charge in [0.1, 0.15) is 11.6 Å². The lowest BCUT2D eigenvalue weighted by Gasteiger charge is -2.38. The molecule has 1 unspecified atom stereocenters. The maximum Gasteiger partial charge on any atom is 0.573 e. The number of hydrogen-bond donors (Lipinski definition) is 2. The first-order valence-corrected chi connectivity index (χ1v) is 10.9. The molecule has 1 amide bonds. The summed E-state index contributed by atoms with van der Waals surface area (Å²) in [5.41, 5.74) is 0.888. The molecule has 3 heterocycles. The van der Waals surface area contributed by atoms with E-state index in [1.54, 1.807) is 12.1 Å². The third kappa shape index (κ3) is 5.19. The van der Waals surface area contributed by atoms with Gasteiger partial charge in [0.05, 0.1) is 17.3 Å². The van der Waals surface area contributed by atoms with E-state index in [0.717, 1.165) is 12.1 Å². The summed E-state index contributed by atoms with van der Waals surface area (Å²) in [4.78, 5) is 24.7. The lowest BCUT2D eigenvalue weighted by Crippen LogP contribution is -2.54. The lowest BCUT2D eigenvalue weighted by molar-refractivity contribution is -0.274. The standard InChI is InChI=1S/C22H21ClF3N5O4/c1-29-19-17(20(33)30(21(29)34)8-3-9-32)31(12-15-7-6-14(23)11-27-15)18(28-19)13-4-2-5-16(10-13)35-22(24,25)26/h2,4-7,10-11,21,32,34H,3,8-9,12H2,1H3. The van der Waals surface area contributed by atoms with Crippen molar-refractivity contribution in [2.45, 2.75) is 25.7 Å². The van der Waals surface area contributed by atoms with Crippen LogP contribution < -0.4 is 9.64 Å². The zero-order chi connectivity index (χ0) is 25.3. The van der Waals surface area contributed by atoms with Gasteiger partial charge in [0.2, 0.25) is 6.35 Å². The highest BCUT2D eigenvalue weighted by atomic mass is 35.5. The van der Waals surface area contributed by atoms with E-state index in [1.807, 2.05) is 0 Å². The molecule has 186 valence electrons. The Morgan fingerprint density at radius 3 is 2.66 bits per heavy atom. The summed E-state index contributed by atoms with van der Waals surface area (Å²) >= 11 is 5.93. The van der Waals surface area contributed by atoms with E-state index in [9.17, 15) is 28.2 Å². The van der Waals surface area contributed by atoms with Crippen molar-refractivity contribution in [2.75, 3.05) is 25.1 Å². The Morgan fingerprint density at radius 1 is 1.23 bits per heavy atom. The molecule has 1 aromatic carbocycles. The van der Waals surface area contributed by atoms with Gasteiger partial charge in [-0.2, -0.15) is 0 Å². The first-order valence-electron chi connectivity index (χ1n) is 10.5. The number of anilines is 1. The number of nitrogens with zero attached hydrogens (tertiary/aromatic N) is 5. The van der Waals surface area contributed by atoms with Crippen LogP contribution in [0.2, 0.25) is 5.02 Å². The number of aliphatic hydroxyl groups excluding tert-OH is 2. The highest BCUT2D eigenvalue weighted by molar-refractivity contribution is 6.30. The molecule has 0 aliphatic carbocycles. The summed E-state index contributed by atoms with van der Waals surface area (Å²) in [5, 5.41) is 20.3. The van der Waals surface area contributed by atoms with Gasteiger partial charge in [-0.05, 0) is 30.7 Å². The van der Waals surface area contributed by atoms with Crippen LogP contribution in [0.5, 0.6) is 5.75 Å². The predicted molar refractivity (Wildman–Crippen MR) is 120 cm³/mol.